The van der Waals surface area contributed by atoms with Crippen LogP contribution in [0.1, 0.15) is 31.2 Å². The van der Waals surface area contributed by atoms with Crippen LogP contribution >= 0.6 is 23.2 Å². The van der Waals surface area contributed by atoms with E-state index >= 15 is 0 Å². The van der Waals surface area contributed by atoms with E-state index in [0.29, 0.717) is 5.38 Å². The lowest BCUT2D eigenvalue weighted by Gasteiger charge is -2.25. The van der Waals surface area contributed by atoms with E-state index in [9.17, 15) is 0 Å². The summed E-state index contributed by atoms with van der Waals surface area (Å²) < 4.78 is 0. The molecule has 0 spiro atoms. The molecule has 0 aromatic heterocycles. The molecule has 1 aromatic carbocycles. The first-order valence-electron chi connectivity index (χ1n) is 6.33. The highest BCUT2D eigenvalue weighted by Crippen LogP contribution is 2.27. The fraction of sp³-hybridized carbons (Fsp3) is 0.571. The van der Waals surface area contributed by atoms with E-state index in [4.69, 9.17) is 23.2 Å². The van der Waals surface area contributed by atoms with Gasteiger partial charge in [-0.25, -0.2) is 0 Å². The maximum atomic E-state index is 6.09. The van der Waals surface area contributed by atoms with E-state index in [1.807, 2.05) is 18.2 Å². The Hall–Kier alpha value is -0.240. The van der Waals surface area contributed by atoms with Gasteiger partial charge in [-0.2, -0.15) is 0 Å². The molecule has 0 saturated heterocycles. The van der Waals surface area contributed by atoms with Crippen molar-refractivity contribution >= 4 is 23.2 Å². The molecule has 1 N–H and O–H groups in total. The minimum Gasteiger partial charge on any atom is -0.312 e. The number of hydrogen-bond donors (Lipinski definition) is 1. The van der Waals surface area contributed by atoms with Crippen LogP contribution in [0.15, 0.2) is 24.3 Å². The molecule has 0 bridgehead atoms. The van der Waals surface area contributed by atoms with Crippen molar-refractivity contribution in [1.29, 1.82) is 0 Å². The SMILES string of the molecule is Clc1cccc(CNCC2CCC(Cl)CC2)c1. The summed E-state index contributed by atoms with van der Waals surface area (Å²) in [4.78, 5) is 0. The van der Waals surface area contributed by atoms with Crippen molar-refractivity contribution < 1.29 is 0 Å². The molecule has 0 unspecified atom stereocenters. The Kier molecular flexibility index (Phi) is 5.15. The maximum absolute atomic E-state index is 6.09. The van der Waals surface area contributed by atoms with Crippen molar-refractivity contribution in [3.63, 3.8) is 0 Å². The van der Waals surface area contributed by atoms with E-state index in [1.54, 1.807) is 0 Å². The van der Waals surface area contributed by atoms with Gasteiger partial charge < -0.3 is 5.32 Å². The molecule has 1 aliphatic carbocycles. The second-order valence-electron chi connectivity index (χ2n) is 4.88. The lowest BCUT2D eigenvalue weighted by atomic mass is 9.89. The third-order valence-electron chi connectivity index (χ3n) is 3.43. The smallest absolute Gasteiger partial charge is 0.0409 e. The van der Waals surface area contributed by atoms with E-state index in [-0.39, 0.29) is 0 Å². The number of nitrogens with one attached hydrogen (secondary N) is 1. The van der Waals surface area contributed by atoms with Gasteiger partial charge in [0.1, 0.15) is 0 Å². The second kappa shape index (κ2) is 6.63. The van der Waals surface area contributed by atoms with Crippen LogP contribution in [0.2, 0.25) is 5.02 Å². The molecule has 1 aromatic rings. The first-order chi connectivity index (χ1) is 8.24. The van der Waals surface area contributed by atoms with E-state index in [0.717, 1.165) is 24.0 Å². The summed E-state index contributed by atoms with van der Waals surface area (Å²) in [7, 11) is 0. The molecule has 0 radical (unpaired) electrons. The molecular weight excluding hydrogens is 253 g/mol. The average Bonchev–Trinajstić information content (AvgIpc) is 2.32. The van der Waals surface area contributed by atoms with Gasteiger partial charge in [0.15, 0.2) is 0 Å². The Morgan fingerprint density at radius 3 is 2.65 bits per heavy atom. The monoisotopic (exact) mass is 271 g/mol. The Balaban J connectivity index is 1.69. The van der Waals surface area contributed by atoms with E-state index < -0.39 is 0 Å². The van der Waals surface area contributed by atoms with Gasteiger partial charge in [0.2, 0.25) is 0 Å². The topological polar surface area (TPSA) is 12.0 Å². The fourth-order valence-electron chi connectivity index (χ4n) is 2.39. The molecule has 1 aliphatic rings. The molecular formula is C14H19Cl2N. The Labute approximate surface area is 114 Å². The van der Waals surface area contributed by atoms with Crippen molar-refractivity contribution in [2.24, 2.45) is 5.92 Å². The normalized spacial score (nSPS) is 24.8. The minimum absolute atomic E-state index is 0.416. The third kappa shape index (κ3) is 4.50. The van der Waals surface area contributed by atoms with Crippen molar-refractivity contribution in [2.75, 3.05) is 6.54 Å². The van der Waals surface area contributed by atoms with Gasteiger partial charge in [0.05, 0.1) is 0 Å². The zero-order valence-electron chi connectivity index (χ0n) is 9.96. The van der Waals surface area contributed by atoms with Crippen LogP contribution in [-0.2, 0) is 6.54 Å². The fourth-order valence-corrected chi connectivity index (χ4v) is 2.86. The van der Waals surface area contributed by atoms with Crippen LogP contribution in [0.4, 0.5) is 0 Å². The number of hydrogen-bond acceptors (Lipinski definition) is 1. The lowest BCUT2D eigenvalue weighted by Crippen LogP contribution is -2.26. The zero-order chi connectivity index (χ0) is 12.1. The standard InChI is InChI=1S/C14H19Cl2N/c15-13-6-4-11(5-7-13)9-17-10-12-2-1-3-14(16)8-12/h1-3,8,11,13,17H,4-7,9-10H2. The molecule has 3 heteroatoms. The van der Waals surface area contributed by atoms with Crippen LogP contribution in [0.5, 0.6) is 0 Å². The van der Waals surface area contributed by atoms with E-state index in [2.05, 4.69) is 11.4 Å². The summed E-state index contributed by atoms with van der Waals surface area (Å²) in [5.41, 5.74) is 1.25. The summed E-state index contributed by atoms with van der Waals surface area (Å²) >= 11 is 12.0. The third-order valence-corrected chi connectivity index (χ3v) is 4.10. The molecule has 0 aliphatic heterocycles. The van der Waals surface area contributed by atoms with Gasteiger partial charge in [-0.3, -0.25) is 0 Å². The van der Waals surface area contributed by atoms with Crippen LogP contribution in [-0.4, -0.2) is 11.9 Å². The van der Waals surface area contributed by atoms with Crippen LogP contribution in [0.3, 0.4) is 0 Å². The van der Waals surface area contributed by atoms with Gasteiger partial charge in [0.25, 0.3) is 0 Å². The average molecular weight is 272 g/mol. The summed E-state index contributed by atoms with van der Waals surface area (Å²) in [5, 5.41) is 4.74. The number of rotatable bonds is 4. The molecule has 0 heterocycles. The van der Waals surface area contributed by atoms with Crippen LogP contribution < -0.4 is 5.32 Å². The number of benzene rings is 1. The highest BCUT2D eigenvalue weighted by Gasteiger charge is 2.18. The second-order valence-corrected chi connectivity index (χ2v) is 5.93. The molecule has 1 saturated carbocycles. The van der Waals surface area contributed by atoms with E-state index in [1.165, 1.54) is 31.2 Å². The summed E-state index contributed by atoms with van der Waals surface area (Å²) in [5.74, 6) is 0.796. The molecule has 17 heavy (non-hydrogen) atoms. The Morgan fingerprint density at radius 1 is 1.18 bits per heavy atom. The van der Waals surface area contributed by atoms with Crippen molar-refractivity contribution in [3.05, 3.63) is 34.9 Å². The van der Waals surface area contributed by atoms with Gasteiger partial charge in [-0.05, 0) is 55.8 Å². The molecule has 0 atom stereocenters. The summed E-state index contributed by atoms with van der Waals surface area (Å²) in [6.45, 7) is 2.00. The summed E-state index contributed by atoms with van der Waals surface area (Å²) in [6, 6.07) is 8.03. The van der Waals surface area contributed by atoms with Gasteiger partial charge in [-0.1, -0.05) is 23.7 Å². The minimum atomic E-state index is 0.416. The largest absolute Gasteiger partial charge is 0.312 e. The van der Waals surface area contributed by atoms with Crippen molar-refractivity contribution in [1.82, 2.24) is 5.32 Å². The quantitative estimate of drug-likeness (QED) is 0.809. The number of halogens is 2. The molecule has 2 rings (SSSR count). The predicted octanol–water partition coefficient (Wildman–Crippen LogP) is 4.23. The first-order valence-corrected chi connectivity index (χ1v) is 7.14. The molecule has 1 fully saturated rings. The highest BCUT2D eigenvalue weighted by atomic mass is 35.5. The molecule has 1 nitrogen and oxygen atoms in total. The maximum Gasteiger partial charge on any atom is 0.0409 e. The molecule has 0 amide bonds. The van der Waals surface area contributed by atoms with Gasteiger partial charge in [0, 0.05) is 16.9 Å². The van der Waals surface area contributed by atoms with Crippen LogP contribution in [0, 0.1) is 5.92 Å². The van der Waals surface area contributed by atoms with Gasteiger partial charge in [-0.15, -0.1) is 11.6 Å². The van der Waals surface area contributed by atoms with Crippen molar-refractivity contribution in [2.45, 2.75) is 37.6 Å². The molecule has 94 valence electrons. The first kappa shape index (κ1) is 13.2. The van der Waals surface area contributed by atoms with Crippen molar-refractivity contribution in [3.8, 4) is 0 Å². The Morgan fingerprint density at radius 2 is 1.94 bits per heavy atom. The zero-order valence-corrected chi connectivity index (χ0v) is 11.5. The lowest BCUT2D eigenvalue weighted by molar-refractivity contribution is 0.345. The Bertz CT molecular complexity index is 346. The number of alkyl halides is 1. The van der Waals surface area contributed by atoms with Crippen LogP contribution in [0.25, 0.3) is 0 Å². The summed E-state index contributed by atoms with van der Waals surface area (Å²) in [6.07, 6.45) is 4.86. The van der Waals surface area contributed by atoms with Gasteiger partial charge >= 0.3 is 0 Å². The predicted molar refractivity (Wildman–Crippen MR) is 74.8 cm³/mol. The highest BCUT2D eigenvalue weighted by molar-refractivity contribution is 6.30.